The van der Waals surface area contributed by atoms with Crippen molar-refractivity contribution in [2.75, 3.05) is 18.0 Å². The topological polar surface area (TPSA) is 50.2 Å². The zero-order valence-corrected chi connectivity index (χ0v) is 14.8. The number of fused-ring (bicyclic) bond motifs is 1. The van der Waals surface area contributed by atoms with E-state index in [4.69, 9.17) is 0 Å². The molecule has 0 unspecified atom stereocenters. The second-order valence-electron chi connectivity index (χ2n) is 6.51. The number of nitrogens with zero attached hydrogens (tertiary/aromatic N) is 3. The number of halogens is 6. The molecular weight excluding hydrogens is 402 g/mol. The number of hydrogen-bond acceptors (Lipinski definition) is 3. The molecule has 1 N–H and O–H groups in total. The van der Waals surface area contributed by atoms with Gasteiger partial charge in [0.05, 0.1) is 11.8 Å². The molecule has 1 atom stereocenters. The number of alkyl halides is 6. The van der Waals surface area contributed by atoms with Crippen LogP contribution in [0.1, 0.15) is 5.56 Å². The molecule has 1 aromatic carbocycles. The molecule has 0 radical (unpaired) electrons. The molecule has 29 heavy (non-hydrogen) atoms. The lowest BCUT2D eigenvalue weighted by Gasteiger charge is -2.35. The summed E-state index contributed by atoms with van der Waals surface area (Å²) in [6.07, 6.45) is -7.22. The number of nitrogens with one attached hydrogen (secondary N) is 1. The van der Waals surface area contributed by atoms with Crippen molar-refractivity contribution in [3.8, 4) is 0 Å². The zero-order valence-electron chi connectivity index (χ0n) is 14.8. The quantitative estimate of drug-likeness (QED) is 0.605. The van der Waals surface area contributed by atoms with Gasteiger partial charge < -0.3 is 10.2 Å². The number of amides is 1. The van der Waals surface area contributed by atoms with Crippen LogP contribution >= 0.6 is 0 Å². The van der Waals surface area contributed by atoms with Gasteiger partial charge in [0.1, 0.15) is 5.82 Å². The van der Waals surface area contributed by atoms with Gasteiger partial charge in [-0.25, -0.2) is 4.68 Å². The molecule has 2 aromatic rings. The molecular formula is C18H16F6N4O. The molecule has 1 aliphatic rings. The minimum atomic E-state index is -4.58. The van der Waals surface area contributed by atoms with Gasteiger partial charge in [-0.05, 0) is 24.3 Å². The third kappa shape index (κ3) is 5.30. The van der Waals surface area contributed by atoms with E-state index in [1.54, 1.807) is 21.8 Å². The van der Waals surface area contributed by atoms with E-state index in [1.807, 2.05) is 0 Å². The average Bonchev–Trinajstić information content (AvgIpc) is 3.11. The van der Waals surface area contributed by atoms with Gasteiger partial charge in [0.15, 0.2) is 0 Å². The Morgan fingerprint density at radius 1 is 1.10 bits per heavy atom. The summed E-state index contributed by atoms with van der Waals surface area (Å²) in [5.74, 6) is -0.424. The van der Waals surface area contributed by atoms with Crippen molar-refractivity contribution < 1.29 is 31.1 Å². The van der Waals surface area contributed by atoms with Crippen molar-refractivity contribution in [2.24, 2.45) is 5.92 Å². The van der Waals surface area contributed by atoms with Crippen LogP contribution in [-0.2, 0) is 17.5 Å². The summed E-state index contributed by atoms with van der Waals surface area (Å²) in [6.45, 7) is 0.834. The second-order valence-corrected chi connectivity index (χ2v) is 6.51. The highest BCUT2D eigenvalue weighted by Gasteiger charge is 2.31. The van der Waals surface area contributed by atoms with Crippen molar-refractivity contribution in [2.45, 2.75) is 18.9 Å². The van der Waals surface area contributed by atoms with E-state index in [1.165, 1.54) is 12.1 Å². The van der Waals surface area contributed by atoms with Gasteiger partial charge in [-0.15, -0.1) is 0 Å². The fourth-order valence-corrected chi connectivity index (χ4v) is 3.02. The van der Waals surface area contributed by atoms with Crippen molar-refractivity contribution in [3.63, 3.8) is 0 Å². The predicted molar refractivity (Wildman–Crippen MR) is 92.4 cm³/mol. The van der Waals surface area contributed by atoms with Crippen LogP contribution in [0.2, 0.25) is 0 Å². The van der Waals surface area contributed by atoms with Crippen molar-refractivity contribution in [1.29, 1.82) is 0 Å². The van der Waals surface area contributed by atoms with Crippen LogP contribution in [0, 0.1) is 5.92 Å². The molecule has 0 saturated carbocycles. The molecule has 3 rings (SSSR count). The molecule has 0 saturated heterocycles. The van der Waals surface area contributed by atoms with Gasteiger partial charge in [0, 0.05) is 49.5 Å². The Labute approximate surface area is 161 Å². The van der Waals surface area contributed by atoms with Gasteiger partial charge >= 0.3 is 12.4 Å². The van der Waals surface area contributed by atoms with Crippen LogP contribution in [-0.4, -0.2) is 35.0 Å². The van der Waals surface area contributed by atoms with E-state index in [9.17, 15) is 31.1 Å². The minimum Gasteiger partial charge on any atom is -0.352 e. The van der Waals surface area contributed by atoms with Crippen molar-refractivity contribution >= 4 is 17.4 Å². The van der Waals surface area contributed by atoms with Crippen LogP contribution in [0.3, 0.4) is 0 Å². The fourth-order valence-electron chi connectivity index (χ4n) is 3.02. The monoisotopic (exact) mass is 418 g/mol. The summed E-state index contributed by atoms with van der Waals surface area (Å²) in [4.78, 5) is 13.3. The summed E-state index contributed by atoms with van der Waals surface area (Å²) >= 11 is 0. The summed E-state index contributed by atoms with van der Waals surface area (Å²) in [5, 5.41) is 6.56. The molecule has 1 aliphatic heterocycles. The van der Waals surface area contributed by atoms with Crippen LogP contribution in [0.4, 0.5) is 37.8 Å². The highest BCUT2D eigenvalue weighted by Crippen LogP contribution is 2.34. The molecule has 11 heteroatoms. The second kappa shape index (κ2) is 7.80. The lowest BCUT2D eigenvalue weighted by molar-refractivity contribution is -0.137. The average molecular weight is 418 g/mol. The van der Waals surface area contributed by atoms with Gasteiger partial charge in [-0.1, -0.05) is 0 Å². The van der Waals surface area contributed by atoms with Crippen LogP contribution in [0.15, 0.2) is 48.7 Å². The lowest BCUT2D eigenvalue weighted by atomic mass is 10.1. The van der Waals surface area contributed by atoms with Gasteiger partial charge in [0.2, 0.25) is 5.91 Å². The molecule has 5 nitrogen and oxygen atoms in total. The standard InChI is InChI=1S/C18H16F6N4O/c19-17(20,21)7-5-15(29)25-9-12-10-27(16-6-8-26-28(16)11-12)14-3-1-13(2-4-14)18(22,23)24/h1-8,12H,9-11H2,(H,25,29)/b7-5+/t12-/m1/s1. The maximum absolute atomic E-state index is 12.8. The first kappa shape index (κ1) is 20.7. The van der Waals surface area contributed by atoms with E-state index in [0.29, 0.717) is 30.7 Å². The van der Waals surface area contributed by atoms with E-state index in [2.05, 4.69) is 10.4 Å². The van der Waals surface area contributed by atoms with Gasteiger partial charge in [0.25, 0.3) is 0 Å². The van der Waals surface area contributed by atoms with Crippen LogP contribution in [0.25, 0.3) is 0 Å². The minimum absolute atomic E-state index is 0.0808. The first-order chi connectivity index (χ1) is 13.5. The number of allylic oxidation sites excluding steroid dienone is 1. The number of carbonyl (C=O) groups is 1. The number of carbonyl (C=O) groups excluding carboxylic acids is 1. The predicted octanol–water partition coefficient (Wildman–Crippen LogP) is 3.90. The Bertz CT molecular complexity index is 885. The first-order valence-electron chi connectivity index (χ1n) is 8.53. The van der Waals surface area contributed by atoms with Gasteiger partial charge in [-0.2, -0.15) is 31.4 Å². The van der Waals surface area contributed by atoms with Crippen molar-refractivity contribution in [3.05, 3.63) is 54.2 Å². The summed E-state index contributed by atoms with van der Waals surface area (Å²) in [7, 11) is 0. The highest BCUT2D eigenvalue weighted by molar-refractivity contribution is 5.87. The third-order valence-electron chi connectivity index (χ3n) is 4.34. The molecule has 1 aromatic heterocycles. The Hall–Kier alpha value is -2.98. The SMILES string of the molecule is O=C(/C=C/C(F)(F)F)NC[C@@H]1CN(c2ccc(C(F)(F)F)cc2)c2ccnn2C1. The highest BCUT2D eigenvalue weighted by atomic mass is 19.4. The van der Waals surface area contributed by atoms with Crippen LogP contribution in [0.5, 0.6) is 0 Å². The molecule has 1 amide bonds. The largest absolute Gasteiger partial charge is 0.416 e. The first-order valence-corrected chi connectivity index (χ1v) is 8.53. The van der Waals surface area contributed by atoms with E-state index < -0.39 is 23.8 Å². The maximum Gasteiger partial charge on any atom is 0.416 e. The summed E-state index contributed by atoms with van der Waals surface area (Å²) in [5.41, 5.74) is -0.264. The Balaban J connectivity index is 1.71. The number of hydrogen-bond donors (Lipinski definition) is 1. The number of aromatic nitrogens is 2. The Kier molecular flexibility index (Phi) is 5.58. The Morgan fingerprint density at radius 2 is 1.79 bits per heavy atom. The number of rotatable bonds is 4. The third-order valence-corrected chi connectivity index (χ3v) is 4.34. The fraction of sp³-hybridized carbons (Fsp3) is 0.333. The van der Waals surface area contributed by atoms with Crippen LogP contribution < -0.4 is 10.2 Å². The summed E-state index contributed by atoms with van der Waals surface area (Å²) in [6, 6.07) is 6.34. The smallest absolute Gasteiger partial charge is 0.352 e. The van der Waals surface area contributed by atoms with Gasteiger partial charge in [-0.3, -0.25) is 4.79 Å². The lowest BCUT2D eigenvalue weighted by Crippen LogP contribution is -2.41. The zero-order chi connectivity index (χ0) is 21.2. The van der Waals surface area contributed by atoms with E-state index in [-0.39, 0.29) is 18.5 Å². The molecule has 0 fully saturated rings. The van der Waals surface area contributed by atoms with E-state index in [0.717, 1.165) is 12.1 Å². The maximum atomic E-state index is 12.8. The Morgan fingerprint density at radius 3 is 2.41 bits per heavy atom. The molecule has 0 bridgehead atoms. The summed E-state index contributed by atoms with van der Waals surface area (Å²) < 4.78 is 76.4. The normalized spacial score (nSPS) is 17.4. The molecule has 0 aliphatic carbocycles. The molecule has 2 heterocycles. The van der Waals surface area contributed by atoms with E-state index >= 15 is 0 Å². The number of benzene rings is 1. The number of anilines is 2. The van der Waals surface area contributed by atoms with Crippen molar-refractivity contribution in [1.82, 2.24) is 15.1 Å². The molecule has 156 valence electrons. The molecule has 0 spiro atoms.